The second kappa shape index (κ2) is 4.44. The number of halogens is 2. The van der Waals surface area contributed by atoms with E-state index in [9.17, 15) is 0 Å². The number of thiophene rings is 1. The van der Waals surface area contributed by atoms with Crippen LogP contribution in [0.1, 0.15) is 0 Å². The van der Waals surface area contributed by atoms with E-state index in [1.165, 1.54) is 0 Å². The molecule has 0 fully saturated rings. The molecular weight excluding hydrogens is 251 g/mol. The van der Waals surface area contributed by atoms with E-state index in [0.717, 1.165) is 15.5 Å². The molecule has 0 amide bonds. The van der Waals surface area contributed by atoms with E-state index in [4.69, 9.17) is 27.9 Å². The minimum atomic E-state index is 0.571. The lowest BCUT2D eigenvalue weighted by Gasteiger charge is -2.02. The first-order valence-electron chi connectivity index (χ1n) is 4.30. The van der Waals surface area contributed by atoms with Crippen molar-refractivity contribution >= 4 is 34.5 Å². The van der Waals surface area contributed by atoms with Gasteiger partial charge in [0, 0.05) is 10.4 Å². The van der Waals surface area contributed by atoms with Gasteiger partial charge in [-0.2, -0.15) is 0 Å². The maximum absolute atomic E-state index is 6.11. The Morgan fingerprint density at radius 3 is 2.60 bits per heavy atom. The van der Waals surface area contributed by atoms with E-state index in [0.29, 0.717) is 10.0 Å². The fourth-order valence-corrected chi connectivity index (χ4v) is 2.58. The molecule has 1 heterocycles. The highest BCUT2D eigenvalue weighted by molar-refractivity contribution is 7.17. The summed E-state index contributed by atoms with van der Waals surface area (Å²) >= 11 is 13.6. The molecule has 1 nitrogen and oxygen atoms in total. The normalized spacial score (nSPS) is 10.3. The average molecular weight is 259 g/mol. The predicted octanol–water partition coefficient (Wildman–Crippen LogP) is 4.73. The molecule has 1 aromatic carbocycles. The summed E-state index contributed by atoms with van der Waals surface area (Å²) in [6.45, 7) is 0. The van der Waals surface area contributed by atoms with Crippen molar-refractivity contribution in [3.05, 3.63) is 40.4 Å². The van der Waals surface area contributed by atoms with E-state index in [2.05, 4.69) is 0 Å². The molecule has 0 atom stereocenters. The molecule has 0 N–H and O–H groups in total. The molecular formula is C11H8Cl2OS. The lowest BCUT2D eigenvalue weighted by Crippen LogP contribution is -1.76. The third-order valence-corrected chi connectivity index (χ3v) is 3.90. The lowest BCUT2D eigenvalue weighted by atomic mass is 10.2. The van der Waals surface area contributed by atoms with E-state index in [-0.39, 0.29) is 0 Å². The summed E-state index contributed by atoms with van der Waals surface area (Å²) in [6, 6.07) is 9.49. The van der Waals surface area contributed by atoms with Crippen LogP contribution in [-0.2, 0) is 0 Å². The molecule has 0 saturated heterocycles. The third kappa shape index (κ3) is 2.12. The number of rotatable bonds is 2. The highest BCUT2D eigenvalue weighted by Crippen LogP contribution is 2.39. The van der Waals surface area contributed by atoms with Gasteiger partial charge in [0.05, 0.1) is 17.2 Å². The van der Waals surface area contributed by atoms with Crippen LogP contribution in [-0.4, -0.2) is 7.11 Å². The van der Waals surface area contributed by atoms with Crippen molar-refractivity contribution in [3.63, 3.8) is 0 Å². The number of hydrogen-bond donors (Lipinski definition) is 0. The molecule has 0 aliphatic rings. The highest BCUT2D eigenvalue weighted by Gasteiger charge is 2.09. The van der Waals surface area contributed by atoms with Crippen LogP contribution in [0.4, 0.5) is 0 Å². The van der Waals surface area contributed by atoms with Crippen LogP contribution >= 0.6 is 34.5 Å². The van der Waals surface area contributed by atoms with Gasteiger partial charge in [0.25, 0.3) is 0 Å². The van der Waals surface area contributed by atoms with Crippen molar-refractivity contribution in [1.82, 2.24) is 0 Å². The van der Waals surface area contributed by atoms with Crippen LogP contribution in [0.25, 0.3) is 10.4 Å². The van der Waals surface area contributed by atoms with E-state index in [1.54, 1.807) is 24.5 Å². The molecule has 0 spiro atoms. The zero-order valence-electron chi connectivity index (χ0n) is 7.96. The third-order valence-electron chi connectivity index (χ3n) is 2.00. The summed E-state index contributed by atoms with van der Waals surface area (Å²) in [5.74, 6) is 0. The fourth-order valence-electron chi connectivity index (χ4n) is 1.27. The topological polar surface area (TPSA) is 9.23 Å². The van der Waals surface area contributed by atoms with Crippen LogP contribution < -0.4 is 4.74 Å². The molecule has 0 radical (unpaired) electrons. The Morgan fingerprint density at radius 1 is 1.13 bits per heavy atom. The van der Waals surface area contributed by atoms with Gasteiger partial charge in [0.1, 0.15) is 0 Å². The Bertz CT molecular complexity index is 479. The first-order chi connectivity index (χ1) is 7.22. The molecule has 0 aliphatic heterocycles. The summed E-state index contributed by atoms with van der Waals surface area (Å²) in [7, 11) is 1.65. The van der Waals surface area contributed by atoms with Crippen molar-refractivity contribution in [3.8, 4) is 15.5 Å². The number of methoxy groups -OCH3 is 1. The summed E-state index contributed by atoms with van der Waals surface area (Å²) in [6.07, 6.45) is 0. The number of ether oxygens (including phenoxy) is 1. The van der Waals surface area contributed by atoms with Crippen molar-refractivity contribution in [1.29, 1.82) is 0 Å². The second-order valence-corrected chi connectivity index (χ2v) is 4.76. The Kier molecular flexibility index (Phi) is 3.19. The van der Waals surface area contributed by atoms with E-state index < -0.39 is 0 Å². The minimum absolute atomic E-state index is 0.571. The molecule has 2 aromatic rings. The van der Waals surface area contributed by atoms with Gasteiger partial charge in [-0.1, -0.05) is 46.7 Å². The molecule has 4 heteroatoms. The largest absolute Gasteiger partial charge is 0.487 e. The van der Waals surface area contributed by atoms with Gasteiger partial charge in [-0.3, -0.25) is 0 Å². The lowest BCUT2D eigenvalue weighted by molar-refractivity contribution is 0.427. The molecule has 0 bridgehead atoms. The summed E-state index contributed by atoms with van der Waals surface area (Å²) in [5.41, 5.74) is 0.942. The number of benzene rings is 1. The zero-order chi connectivity index (χ0) is 10.8. The van der Waals surface area contributed by atoms with Gasteiger partial charge in [-0.25, -0.2) is 0 Å². The van der Waals surface area contributed by atoms with Crippen LogP contribution in [0.15, 0.2) is 30.3 Å². The minimum Gasteiger partial charge on any atom is -0.487 e. The van der Waals surface area contributed by atoms with Crippen molar-refractivity contribution < 1.29 is 4.74 Å². The maximum atomic E-state index is 6.11. The van der Waals surface area contributed by atoms with Gasteiger partial charge < -0.3 is 4.74 Å². The first kappa shape index (κ1) is 10.8. The fraction of sp³-hybridized carbons (Fsp3) is 0.0909. The van der Waals surface area contributed by atoms with Gasteiger partial charge in [-0.15, -0.1) is 0 Å². The van der Waals surface area contributed by atoms with Crippen molar-refractivity contribution in [2.24, 2.45) is 0 Å². The summed E-state index contributed by atoms with van der Waals surface area (Å²) in [5, 5.41) is 2.02. The standard InChI is InChI=1S/C11H8Cl2OS/c1-14-10-6-5-9(15-10)7-3-2-4-8(12)11(7)13/h2-6H,1H3. The van der Waals surface area contributed by atoms with Crippen LogP contribution in [0.3, 0.4) is 0 Å². The smallest absolute Gasteiger partial charge is 0.173 e. The van der Waals surface area contributed by atoms with Gasteiger partial charge in [0.2, 0.25) is 0 Å². The Hall–Kier alpha value is -0.700. The predicted molar refractivity (Wildman–Crippen MR) is 66.3 cm³/mol. The summed E-state index contributed by atoms with van der Waals surface area (Å²) in [4.78, 5) is 1.05. The maximum Gasteiger partial charge on any atom is 0.173 e. The Labute approximate surface area is 102 Å². The molecule has 0 unspecified atom stereocenters. The van der Waals surface area contributed by atoms with Gasteiger partial charge >= 0.3 is 0 Å². The monoisotopic (exact) mass is 258 g/mol. The molecule has 15 heavy (non-hydrogen) atoms. The Morgan fingerprint density at radius 2 is 1.93 bits per heavy atom. The molecule has 0 saturated carbocycles. The summed E-state index contributed by atoms with van der Waals surface area (Å²) < 4.78 is 5.13. The molecule has 0 aliphatic carbocycles. The van der Waals surface area contributed by atoms with Crippen molar-refractivity contribution in [2.45, 2.75) is 0 Å². The average Bonchev–Trinajstić information content (AvgIpc) is 2.70. The van der Waals surface area contributed by atoms with Gasteiger partial charge in [-0.05, 0) is 18.2 Å². The SMILES string of the molecule is COc1ccc(-c2cccc(Cl)c2Cl)s1. The van der Waals surface area contributed by atoms with Gasteiger partial charge in [0.15, 0.2) is 5.06 Å². The molecule has 2 rings (SSSR count). The zero-order valence-corrected chi connectivity index (χ0v) is 10.3. The Balaban J connectivity index is 2.49. The van der Waals surface area contributed by atoms with Crippen LogP contribution in [0.5, 0.6) is 5.06 Å². The first-order valence-corrected chi connectivity index (χ1v) is 5.88. The van der Waals surface area contributed by atoms with E-state index >= 15 is 0 Å². The number of hydrogen-bond acceptors (Lipinski definition) is 2. The quantitative estimate of drug-likeness (QED) is 0.757. The molecule has 78 valence electrons. The van der Waals surface area contributed by atoms with E-state index in [1.807, 2.05) is 24.3 Å². The second-order valence-electron chi connectivity index (χ2n) is 2.92. The van der Waals surface area contributed by atoms with Crippen LogP contribution in [0.2, 0.25) is 10.0 Å². The van der Waals surface area contributed by atoms with Crippen LogP contribution in [0, 0.1) is 0 Å². The molecule has 1 aromatic heterocycles. The highest BCUT2D eigenvalue weighted by atomic mass is 35.5. The van der Waals surface area contributed by atoms with Crippen molar-refractivity contribution in [2.75, 3.05) is 7.11 Å².